The van der Waals surface area contributed by atoms with Gasteiger partial charge in [-0.3, -0.25) is 15.0 Å². The molecule has 0 spiro atoms. The molecule has 1 aliphatic heterocycles. The van der Waals surface area contributed by atoms with Crippen LogP contribution in [-0.4, -0.2) is 69.0 Å². The first kappa shape index (κ1) is 17.4. The number of non-ortho nitro benzene ring substituents is 1. The standard InChI is InChI=1S/C13H20N4O6/c18-3-1-16(2-4-19)7-8-5-9(17(22)23)6-10-11(8)15-13(21)12(20)14-10/h5-6,12-15,18-21H,1-4,7H2. The predicted molar refractivity (Wildman–Crippen MR) is 81.8 cm³/mol. The van der Waals surface area contributed by atoms with E-state index in [4.69, 9.17) is 10.2 Å². The zero-order valence-electron chi connectivity index (χ0n) is 12.3. The van der Waals surface area contributed by atoms with Crippen LogP contribution in [0, 0.1) is 10.1 Å². The zero-order chi connectivity index (χ0) is 17.0. The van der Waals surface area contributed by atoms with Gasteiger partial charge in [0.2, 0.25) is 0 Å². The van der Waals surface area contributed by atoms with E-state index in [-0.39, 0.29) is 38.5 Å². The Balaban J connectivity index is 2.38. The third kappa shape index (κ3) is 4.06. The van der Waals surface area contributed by atoms with Crippen LogP contribution in [-0.2, 0) is 6.54 Å². The first-order chi connectivity index (χ1) is 11.0. The van der Waals surface area contributed by atoms with Gasteiger partial charge in [-0.05, 0) is 5.56 Å². The molecule has 1 aliphatic rings. The number of hydrogen-bond donors (Lipinski definition) is 6. The largest absolute Gasteiger partial charge is 0.395 e. The normalized spacial score (nSPS) is 19.9. The molecule has 1 heterocycles. The van der Waals surface area contributed by atoms with Gasteiger partial charge in [-0.15, -0.1) is 0 Å². The van der Waals surface area contributed by atoms with Crippen LogP contribution in [0.2, 0.25) is 0 Å². The summed E-state index contributed by atoms with van der Waals surface area (Å²) >= 11 is 0. The van der Waals surface area contributed by atoms with Crippen LogP contribution < -0.4 is 10.6 Å². The summed E-state index contributed by atoms with van der Waals surface area (Å²) in [5.74, 6) is 0. The third-order valence-corrected chi connectivity index (χ3v) is 3.54. The van der Waals surface area contributed by atoms with Crippen molar-refractivity contribution in [3.8, 4) is 0 Å². The Bertz CT molecular complexity index is 564. The SMILES string of the molecule is O=[N+]([O-])c1cc(CN(CCO)CCO)c2c(c1)NC(O)C(O)N2. The molecule has 10 heteroatoms. The highest BCUT2D eigenvalue weighted by molar-refractivity contribution is 5.78. The number of benzene rings is 1. The Hall–Kier alpha value is -1.98. The van der Waals surface area contributed by atoms with E-state index < -0.39 is 17.4 Å². The van der Waals surface area contributed by atoms with Gasteiger partial charge in [0.25, 0.3) is 5.69 Å². The number of nitro benzene ring substituents is 1. The molecule has 2 rings (SSSR count). The summed E-state index contributed by atoms with van der Waals surface area (Å²) in [5.41, 5.74) is 1.09. The fraction of sp³-hybridized carbons (Fsp3) is 0.538. The molecule has 2 unspecified atom stereocenters. The van der Waals surface area contributed by atoms with Gasteiger partial charge in [0, 0.05) is 31.8 Å². The molecule has 0 amide bonds. The molecule has 10 nitrogen and oxygen atoms in total. The lowest BCUT2D eigenvalue weighted by Gasteiger charge is -2.32. The average Bonchev–Trinajstić information content (AvgIpc) is 2.49. The molecule has 6 N–H and O–H groups in total. The fourth-order valence-electron chi connectivity index (χ4n) is 2.46. The van der Waals surface area contributed by atoms with Crippen molar-refractivity contribution >= 4 is 17.1 Å². The van der Waals surface area contributed by atoms with Crippen LogP contribution in [0.15, 0.2) is 12.1 Å². The van der Waals surface area contributed by atoms with Crippen molar-refractivity contribution in [3.05, 3.63) is 27.8 Å². The van der Waals surface area contributed by atoms with Crippen molar-refractivity contribution in [2.24, 2.45) is 0 Å². The molecular weight excluding hydrogens is 308 g/mol. The van der Waals surface area contributed by atoms with Crippen molar-refractivity contribution in [2.75, 3.05) is 36.9 Å². The molecule has 1 aromatic rings. The number of anilines is 2. The van der Waals surface area contributed by atoms with E-state index >= 15 is 0 Å². The van der Waals surface area contributed by atoms with Crippen LogP contribution in [0.5, 0.6) is 0 Å². The maximum absolute atomic E-state index is 11.1. The minimum absolute atomic E-state index is 0.121. The molecule has 23 heavy (non-hydrogen) atoms. The highest BCUT2D eigenvalue weighted by atomic mass is 16.6. The second kappa shape index (κ2) is 7.53. The fourth-order valence-corrected chi connectivity index (χ4v) is 2.46. The van der Waals surface area contributed by atoms with Crippen LogP contribution in [0.4, 0.5) is 17.1 Å². The molecular formula is C13H20N4O6. The monoisotopic (exact) mass is 328 g/mol. The van der Waals surface area contributed by atoms with Crippen LogP contribution in [0.1, 0.15) is 5.56 Å². The number of fused-ring (bicyclic) bond motifs is 1. The first-order valence-electron chi connectivity index (χ1n) is 7.11. The van der Waals surface area contributed by atoms with E-state index in [1.54, 1.807) is 4.90 Å². The summed E-state index contributed by atoms with van der Waals surface area (Å²) in [6, 6.07) is 2.63. The van der Waals surface area contributed by atoms with E-state index in [9.17, 15) is 20.3 Å². The highest BCUT2D eigenvalue weighted by Gasteiger charge is 2.28. The second-order valence-electron chi connectivity index (χ2n) is 5.19. The van der Waals surface area contributed by atoms with Crippen LogP contribution >= 0.6 is 0 Å². The zero-order valence-corrected chi connectivity index (χ0v) is 12.3. The average molecular weight is 328 g/mol. The van der Waals surface area contributed by atoms with Gasteiger partial charge >= 0.3 is 0 Å². The molecule has 0 saturated heterocycles. The van der Waals surface area contributed by atoms with Gasteiger partial charge in [0.15, 0.2) is 12.5 Å². The molecule has 0 radical (unpaired) electrons. The lowest BCUT2D eigenvalue weighted by atomic mass is 10.1. The summed E-state index contributed by atoms with van der Waals surface area (Å²) in [4.78, 5) is 12.2. The minimum Gasteiger partial charge on any atom is -0.395 e. The molecule has 1 aromatic carbocycles. The van der Waals surface area contributed by atoms with Crippen molar-refractivity contribution in [1.82, 2.24) is 4.90 Å². The van der Waals surface area contributed by atoms with Gasteiger partial charge in [0.05, 0.1) is 29.5 Å². The van der Waals surface area contributed by atoms with Crippen molar-refractivity contribution in [2.45, 2.75) is 19.0 Å². The van der Waals surface area contributed by atoms with Crippen molar-refractivity contribution < 1.29 is 25.3 Å². The molecule has 0 saturated carbocycles. The predicted octanol–water partition coefficient (Wildman–Crippen LogP) is -1.14. The summed E-state index contributed by atoms with van der Waals surface area (Å²) in [7, 11) is 0. The van der Waals surface area contributed by atoms with Gasteiger partial charge in [0.1, 0.15) is 0 Å². The topological polar surface area (TPSA) is 151 Å². The molecule has 0 fully saturated rings. The van der Waals surface area contributed by atoms with Crippen molar-refractivity contribution in [3.63, 3.8) is 0 Å². The summed E-state index contributed by atoms with van der Waals surface area (Å²) in [5, 5.41) is 53.9. The lowest BCUT2D eigenvalue weighted by Crippen LogP contribution is -2.43. The van der Waals surface area contributed by atoms with Crippen LogP contribution in [0.3, 0.4) is 0 Å². The van der Waals surface area contributed by atoms with Crippen LogP contribution in [0.25, 0.3) is 0 Å². The summed E-state index contributed by atoms with van der Waals surface area (Å²) in [6.45, 7) is 0.560. The number of aliphatic hydroxyl groups is 4. The molecule has 0 bridgehead atoms. The maximum atomic E-state index is 11.1. The second-order valence-corrected chi connectivity index (χ2v) is 5.19. The van der Waals surface area contributed by atoms with Crippen molar-refractivity contribution in [1.29, 1.82) is 0 Å². The molecule has 128 valence electrons. The number of nitro groups is 1. The van der Waals surface area contributed by atoms with E-state index in [1.165, 1.54) is 12.1 Å². The lowest BCUT2D eigenvalue weighted by molar-refractivity contribution is -0.384. The van der Waals surface area contributed by atoms with Gasteiger partial charge in [-0.1, -0.05) is 0 Å². The molecule has 0 aromatic heterocycles. The Morgan fingerprint density at radius 3 is 2.30 bits per heavy atom. The minimum atomic E-state index is -1.29. The number of aliphatic hydroxyl groups excluding tert-OH is 4. The van der Waals surface area contributed by atoms with E-state index in [0.29, 0.717) is 16.9 Å². The van der Waals surface area contributed by atoms with E-state index in [2.05, 4.69) is 10.6 Å². The number of nitrogens with one attached hydrogen (secondary N) is 2. The van der Waals surface area contributed by atoms with Gasteiger partial charge < -0.3 is 31.1 Å². The number of rotatable bonds is 7. The highest BCUT2D eigenvalue weighted by Crippen LogP contribution is 2.36. The number of nitrogens with zero attached hydrogens (tertiary/aromatic N) is 2. The smallest absolute Gasteiger partial charge is 0.271 e. The quantitative estimate of drug-likeness (QED) is 0.269. The number of hydrogen-bond acceptors (Lipinski definition) is 9. The Morgan fingerprint density at radius 2 is 1.74 bits per heavy atom. The van der Waals surface area contributed by atoms with Gasteiger partial charge in [-0.2, -0.15) is 0 Å². The Morgan fingerprint density at radius 1 is 1.13 bits per heavy atom. The maximum Gasteiger partial charge on any atom is 0.271 e. The summed E-state index contributed by atoms with van der Waals surface area (Å²) < 4.78 is 0. The van der Waals surface area contributed by atoms with Gasteiger partial charge in [-0.25, -0.2) is 0 Å². The van der Waals surface area contributed by atoms with E-state index in [1.807, 2.05) is 0 Å². The molecule has 0 aliphatic carbocycles. The summed E-state index contributed by atoms with van der Waals surface area (Å²) in [6.07, 6.45) is -2.55. The first-order valence-corrected chi connectivity index (χ1v) is 7.11. The molecule has 2 atom stereocenters. The van der Waals surface area contributed by atoms with E-state index in [0.717, 1.165) is 0 Å². The Kier molecular flexibility index (Phi) is 5.69. The third-order valence-electron chi connectivity index (χ3n) is 3.54. The Labute approximate surface area is 132 Å².